The molecule has 2 aliphatic heterocycles. The Morgan fingerprint density at radius 2 is 1.71 bits per heavy atom. The van der Waals surface area contributed by atoms with Crippen molar-refractivity contribution in [2.24, 2.45) is 0 Å². The number of hydrogen-bond donors (Lipinski definition) is 1. The van der Waals surface area contributed by atoms with Crippen molar-refractivity contribution in [2.45, 2.75) is 38.0 Å². The fraction of sp³-hybridized carbons (Fsp3) is 0.355. The zero-order valence-electron chi connectivity index (χ0n) is 23.8. The molecule has 1 unspecified atom stereocenters. The average Bonchev–Trinajstić information content (AvgIpc) is 2.90. The largest absolute Gasteiger partial charge is 0.493 e. The van der Waals surface area contributed by atoms with Crippen LogP contribution in [0.25, 0.3) is 0 Å². The molecule has 0 spiro atoms. The van der Waals surface area contributed by atoms with Crippen LogP contribution in [0.1, 0.15) is 42.1 Å². The first-order valence-electron chi connectivity index (χ1n) is 13.4. The van der Waals surface area contributed by atoms with E-state index >= 15 is 0 Å². The first-order chi connectivity index (χ1) is 19.5. The number of β-amino-alcohol motifs (C(OH)–C–C–N with tert-alkyl or cyclic N) is 1. The van der Waals surface area contributed by atoms with Crippen LogP contribution >= 0.6 is 11.6 Å². The molecule has 41 heavy (non-hydrogen) atoms. The second-order valence-corrected chi connectivity index (χ2v) is 11.3. The molecule has 9 nitrogen and oxygen atoms in total. The van der Waals surface area contributed by atoms with E-state index < -0.39 is 17.7 Å². The van der Waals surface area contributed by atoms with Crippen molar-refractivity contribution in [3.05, 3.63) is 87.9 Å². The Labute approximate surface area is 244 Å². The molecule has 0 saturated carbocycles. The Morgan fingerprint density at radius 1 is 1.05 bits per heavy atom. The van der Waals surface area contributed by atoms with Crippen molar-refractivity contribution in [1.82, 2.24) is 9.96 Å². The summed E-state index contributed by atoms with van der Waals surface area (Å²) < 4.78 is 11.7. The third kappa shape index (κ3) is 5.70. The standard InChI is InChI=1S/C31H34ClN3O6/c1-19(2)40-27-16-25-21(14-26(27)39-5)15-28(36)35(29(25)20-6-10-23(32)11-7-20)24-12-8-22(9-13-24)31(38)17-34(18-31)30(37)41-33(3)4/h6-14,16,19,29,38H,15,17-18H2,1-5H3. The predicted octanol–water partition coefficient (Wildman–Crippen LogP) is 4.93. The van der Waals surface area contributed by atoms with Crippen molar-refractivity contribution in [3.63, 3.8) is 0 Å². The highest BCUT2D eigenvalue weighted by molar-refractivity contribution is 6.30. The van der Waals surface area contributed by atoms with E-state index in [2.05, 4.69) is 0 Å². The van der Waals surface area contributed by atoms with Crippen molar-refractivity contribution >= 4 is 29.3 Å². The molecule has 216 valence electrons. The number of anilines is 1. The average molecular weight is 580 g/mol. The normalized spacial score (nSPS) is 17.8. The lowest BCUT2D eigenvalue weighted by Crippen LogP contribution is -2.61. The number of aliphatic hydroxyl groups is 1. The summed E-state index contributed by atoms with van der Waals surface area (Å²) >= 11 is 6.21. The Kier molecular flexibility index (Phi) is 7.87. The van der Waals surface area contributed by atoms with E-state index in [9.17, 15) is 14.7 Å². The summed E-state index contributed by atoms with van der Waals surface area (Å²) in [7, 11) is 4.83. The predicted molar refractivity (Wildman–Crippen MR) is 155 cm³/mol. The van der Waals surface area contributed by atoms with Crippen LogP contribution in [0.3, 0.4) is 0 Å². The molecule has 1 atom stereocenters. The molecule has 5 rings (SSSR count). The quantitative estimate of drug-likeness (QED) is 0.397. The van der Waals surface area contributed by atoms with Gasteiger partial charge in [-0.05, 0) is 72.5 Å². The molecular formula is C31H34ClN3O6. The minimum Gasteiger partial charge on any atom is -0.493 e. The lowest BCUT2D eigenvalue weighted by Gasteiger charge is -2.46. The van der Waals surface area contributed by atoms with Gasteiger partial charge in [-0.1, -0.05) is 35.9 Å². The molecule has 1 N–H and O–H groups in total. The number of carbonyl (C=O) groups excluding carboxylic acids is 2. The fourth-order valence-electron chi connectivity index (χ4n) is 5.37. The number of ether oxygens (including phenoxy) is 2. The van der Waals surface area contributed by atoms with Gasteiger partial charge in [0.2, 0.25) is 5.91 Å². The maximum absolute atomic E-state index is 13.7. The van der Waals surface area contributed by atoms with Crippen LogP contribution in [0.15, 0.2) is 60.7 Å². The minimum atomic E-state index is -1.20. The molecule has 2 aliphatic rings. The van der Waals surface area contributed by atoms with Crippen LogP contribution in [0, 0.1) is 0 Å². The highest BCUT2D eigenvalue weighted by Crippen LogP contribution is 2.44. The molecule has 0 bridgehead atoms. The number of nitrogens with zero attached hydrogens (tertiary/aromatic N) is 3. The molecule has 2 amide bonds. The number of fused-ring (bicyclic) bond motifs is 1. The Hall–Kier alpha value is -3.79. The molecule has 0 aliphatic carbocycles. The SMILES string of the molecule is COc1cc2c(cc1OC(C)C)C(c1ccc(Cl)cc1)N(c1ccc(C3(O)CN(C(=O)ON(C)C)C3)cc1)C(=O)C2. The van der Waals surface area contributed by atoms with Gasteiger partial charge in [-0.25, -0.2) is 4.79 Å². The van der Waals surface area contributed by atoms with Gasteiger partial charge in [0, 0.05) is 24.8 Å². The van der Waals surface area contributed by atoms with E-state index in [0.717, 1.165) is 16.7 Å². The number of likely N-dealkylation sites (tertiary alicyclic amines) is 1. The first kappa shape index (κ1) is 28.7. The van der Waals surface area contributed by atoms with Gasteiger partial charge < -0.3 is 29.2 Å². The highest BCUT2D eigenvalue weighted by Gasteiger charge is 2.46. The van der Waals surface area contributed by atoms with Crippen molar-refractivity contribution in [3.8, 4) is 11.5 Å². The van der Waals surface area contributed by atoms with Crippen LogP contribution in [0.4, 0.5) is 10.5 Å². The second-order valence-electron chi connectivity index (χ2n) is 10.9. The number of hydroxylamine groups is 2. The van der Waals surface area contributed by atoms with Crippen LogP contribution in [-0.2, 0) is 21.7 Å². The summed E-state index contributed by atoms with van der Waals surface area (Å²) in [6.45, 7) is 4.13. The molecule has 2 heterocycles. The maximum Gasteiger partial charge on any atom is 0.429 e. The van der Waals surface area contributed by atoms with E-state index in [-0.39, 0.29) is 31.5 Å². The smallest absolute Gasteiger partial charge is 0.429 e. The summed E-state index contributed by atoms with van der Waals surface area (Å²) in [6, 6.07) is 18.1. The second kappa shape index (κ2) is 11.2. The van der Waals surface area contributed by atoms with Crippen LogP contribution in [0.5, 0.6) is 11.5 Å². The van der Waals surface area contributed by atoms with Gasteiger partial charge in [0.25, 0.3) is 0 Å². The maximum atomic E-state index is 13.7. The topological polar surface area (TPSA) is 91.8 Å². The number of amides is 2. The number of methoxy groups -OCH3 is 1. The van der Waals surface area contributed by atoms with Gasteiger partial charge in [0.1, 0.15) is 5.60 Å². The molecule has 1 saturated heterocycles. The number of benzene rings is 3. The van der Waals surface area contributed by atoms with E-state index in [0.29, 0.717) is 27.8 Å². The number of hydrogen-bond acceptors (Lipinski definition) is 7. The van der Waals surface area contributed by atoms with Crippen molar-refractivity contribution in [2.75, 3.05) is 39.2 Å². The lowest BCUT2D eigenvalue weighted by molar-refractivity contribution is -0.129. The molecule has 10 heteroatoms. The number of rotatable bonds is 7. The minimum absolute atomic E-state index is 0.0669. The molecule has 3 aromatic rings. The lowest BCUT2D eigenvalue weighted by atomic mass is 9.85. The van der Waals surface area contributed by atoms with Crippen molar-refractivity contribution < 1.29 is 29.0 Å². The van der Waals surface area contributed by atoms with E-state index in [1.807, 2.05) is 62.4 Å². The monoisotopic (exact) mass is 579 g/mol. The van der Waals surface area contributed by atoms with Gasteiger partial charge in [-0.15, -0.1) is 5.06 Å². The Morgan fingerprint density at radius 3 is 2.29 bits per heavy atom. The summed E-state index contributed by atoms with van der Waals surface area (Å²) in [5.74, 6) is 1.11. The first-order valence-corrected chi connectivity index (χ1v) is 13.8. The molecule has 0 aromatic heterocycles. The molecule has 3 aromatic carbocycles. The molecular weight excluding hydrogens is 546 g/mol. The summed E-state index contributed by atoms with van der Waals surface area (Å²) in [5, 5.41) is 13.1. The van der Waals surface area contributed by atoms with Crippen LogP contribution in [0.2, 0.25) is 5.02 Å². The molecule has 0 radical (unpaired) electrons. The number of carbonyl (C=O) groups is 2. The van der Waals surface area contributed by atoms with Gasteiger partial charge in [0.05, 0.1) is 38.8 Å². The van der Waals surface area contributed by atoms with Gasteiger partial charge in [0.15, 0.2) is 11.5 Å². The molecule has 1 fully saturated rings. The summed E-state index contributed by atoms with van der Waals surface area (Å²) in [5.41, 5.74) is 2.82. The van der Waals surface area contributed by atoms with Crippen LogP contribution < -0.4 is 14.4 Å². The summed E-state index contributed by atoms with van der Waals surface area (Å²) in [6.07, 6.45) is -0.397. The third-order valence-electron chi connectivity index (χ3n) is 7.24. The highest BCUT2D eigenvalue weighted by atomic mass is 35.5. The summed E-state index contributed by atoms with van der Waals surface area (Å²) in [4.78, 5) is 34.2. The van der Waals surface area contributed by atoms with E-state index in [1.54, 1.807) is 38.2 Å². The zero-order valence-corrected chi connectivity index (χ0v) is 24.5. The third-order valence-corrected chi connectivity index (χ3v) is 7.50. The van der Waals surface area contributed by atoms with Crippen LogP contribution in [-0.4, -0.2) is 67.5 Å². The van der Waals surface area contributed by atoms with Gasteiger partial charge >= 0.3 is 6.09 Å². The van der Waals surface area contributed by atoms with E-state index in [1.165, 1.54) is 9.96 Å². The van der Waals surface area contributed by atoms with Gasteiger partial charge in [-0.3, -0.25) is 4.79 Å². The fourth-order valence-corrected chi connectivity index (χ4v) is 5.50. The Balaban J connectivity index is 1.50. The van der Waals surface area contributed by atoms with Crippen molar-refractivity contribution in [1.29, 1.82) is 0 Å². The zero-order chi connectivity index (χ0) is 29.5. The number of halogens is 1. The van der Waals surface area contributed by atoms with Gasteiger partial charge in [-0.2, -0.15) is 0 Å². The van der Waals surface area contributed by atoms with E-state index in [4.69, 9.17) is 25.9 Å². The Bertz CT molecular complexity index is 1440.